The van der Waals surface area contributed by atoms with Crippen molar-refractivity contribution in [1.29, 1.82) is 0 Å². The van der Waals surface area contributed by atoms with Gasteiger partial charge in [0.2, 0.25) is 5.76 Å². The second-order valence-corrected chi connectivity index (χ2v) is 8.73. The van der Waals surface area contributed by atoms with Crippen LogP contribution in [0.2, 0.25) is 0 Å². The highest BCUT2D eigenvalue weighted by Crippen LogP contribution is 2.22. The summed E-state index contributed by atoms with van der Waals surface area (Å²) in [5.74, 6) is 1.16. The van der Waals surface area contributed by atoms with Crippen LogP contribution in [0, 0.1) is 6.92 Å². The summed E-state index contributed by atoms with van der Waals surface area (Å²) in [6, 6.07) is 4.95. The number of aryl methyl sites for hydroxylation is 2. The molecule has 0 unspecified atom stereocenters. The lowest BCUT2D eigenvalue weighted by atomic mass is 10.3. The first-order chi connectivity index (χ1) is 13.9. The summed E-state index contributed by atoms with van der Waals surface area (Å²) in [7, 11) is -1.96. The van der Waals surface area contributed by atoms with Crippen LogP contribution in [0.5, 0.6) is 0 Å². The highest BCUT2D eigenvalue weighted by Gasteiger charge is 2.31. The van der Waals surface area contributed by atoms with Crippen LogP contribution in [0.15, 0.2) is 44.6 Å². The summed E-state index contributed by atoms with van der Waals surface area (Å²) in [5.41, 5.74) is 0.160. The number of carbonyl (C=O) groups excluding carboxylic acids is 1. The quantitative estimate of drug-likeness (QED) is 0.630. The highest BCUT2D eigenvalue weighted by atomic mass is 32.2. The second-order valence-electron chi connectivity index (χ2n) is 6.84. The summed E-state index contributed by atoms with van der Waals surface area (Å²) in [5, 5.41) is 3.86. The van der Waals surface area contributed by atoms with Gasteiger partial charge < -0.3 is 18.4 Å². The van der Waals surface area contributed by atoms with E-state index >= 15 is 0 Å². The topological polar surface area (TPSA) is 115 Å². The predicted octanol–water partition coefficient (Wildman–Crippen LogP) is 1.51. The van der Waals surface area contributed by atoms with E-state index in [1.54, 1.807) is 35.6 Å². The summed E-state index contributed by atoms with van der Waals surface area (Å²) in [6.07, 6.45) is 3.52. The summed E-state index contributed by atoms with van der Waals surface area (Å²) >= 11 is 0. The van der Waals surface area contributed by atoms with Gasteiger partial charge in [-0.05, 0) is 25.5 Å². The van der Waals surface area contributed by atoms with Crippen molar-refractivity contribution in [1.82, 2.24) is 23.9 Å². The molecule has 0 aliphatic carbocycles. The van der Waals surface area contributed by atoms with Crippen LogP contribution >= 0.6 is 0 Å². The molecule has 4 heterocycles. The standard InChI is InChI=1S/C18H21N5O5S/c1-13-19-17(12-21(13)2)29(25,26)23-7-4-6-22(8-9-23)18(24)14-11-16(28-20-14)15-5-3-10-27-15/h3,5,10-12H,4,6-9H2,1-2H3. The summed E-state index contributed by atoms with van der Waals surface area (Å²) in [6.45, 7) is 2.93. The predicted molar refractivity (Wildman–Crippen MR) is 101 cm³/mol. The molecule has 154 valence electrons. The Balaban J connectivity index is 1.47. The van der Waals surface area contributed by atoms with Gasteiger partial charge in [-0.15, -0.1) is 0 Å². The molecule has 0 radical (unpaired) electrons. The van der Waals surface area contributed by atoms with Crippen molar-refractivity contribution in [2.24, 2.45) is 7.05 Å². The van der Waals surface area contributed by atoms with Gasteiger partial charge in [-0.3, -0.25) is 4.79 Å². The molecule has 11 heteroatoms. The molecule has 1 saturated heterocycles. The van der Waals surface area contributed by atoms with Crippen LogP contribution in [-0.2, 0) is 17.1 Å². The van der Waals surface area contributed by atoms with Crippen molar-refractivity contribution in [3.8, 4) is 11.5 Å². The first kappa shape index (κ1) is 19.4. The van der Waals surface area contributed by atoms with Gasteiger partial charge in [0.25, 0.3) is 15.9 Å². The SMILES string of the molecule is Cc1nc(S(=O)(=O)N2CCCN(C(=O)c3cc(-c4ccco4)on3)CC2)cn1C. The molecule has 29 heavy (non-hydrogen) atoms. The maximum Gasteiger partial charge on any atom is 0.276 e. The molecule has 3 aromatic rings. The normalized spacial score (nSPS) is 16.1. The smallest absolute Gasteiger partial charge is 0.276 e. The molecular weight excluding hydrogens is 398 g/mol. The molecule has 0 spiro atoms. The number of furan rings is 1. The lowest BCUT2D eigenvalue weighted by Crippen LogP contribution is -2.37. The third kappa shape index (κ3) is 3.70. The third-order valence-corrected chi connectivity index (χ3v) is 6.70. The molecule has 0 aromatic carbocycles. The number of imidazole rings is 1. The number of sulfonamides is 1. The van der Waals surface area contributed by atoms with E-state index in [9.17, 15) is 13.2 Å². The fourth-order valence-electron chi connectivity index (χ4n) is 3.19. The Hall–Kier alpha value is -2.92. The average molecular weight is 419 g/mol. The lowest BCUT2D eigenvalue weighted by molar-refractivity contribution is 0.0754. The Morgan fingerprint density at radius 3 is 2.69 bits per heavy atom. The maximum atomic E-state index is 12.9. The second kappa shape index (κ2) is 7.48. The van der Waals surface area contributed by atoms with Crippen molar-refractivity contribution < 1.29 is 22.2 Å². The van der Waals surface area contributed by atoms with Gasteiger partial charge in [0, 0.05) is 45.5 Å². The highest BCUT2D eigenvalue weighted by molar-refractivity contribution is 7.89. The van der Waals surface area contributed by atoms with Crippen LogP contribution < -0.4 is 0 Å². The van der Waals surface area contributed by atoms with Gasteiger partial charge in [-0.1, -0.05) is 5.16 Å². The van der Waals surface area contributed by atoms with Crippen LogP contribution in [0.1, 0.15) is 22.7 Å². The largest absolute Gasteiger partial charge is 0.461 e. The molecule has 10 nitrogen and oxygen atoms in total. The molecular formula is C18H21N5O5S. The van der Waals surface area contributed by atoms with E-state index in [1.807, 2.05) is 0 Å². The minimum Gasteiger partial charge on any atom is -0.461 e. The van der Waals surface area contributed by atoms with Crippen LogP contribution in [0.4, 0.5) is 0 Å². The molecule has 0 bridgehead atoms. The Labute approximate surface area is 167 Å². The summed E-state index contributed by atoms with van der Waals surface area (Å²) in [4.78, 5) is 18.5. The molecule has 0 atom stereocenters. The monoisotopic (exact) mass is 419 g/mol. The van der Waals surface area contributed by atoms with Crippen molar-refractivity contribution in [2.75, 3.05) is 26.2 Å². The number of hydrogen-bond donors (Lipinski definition) is 0. The van der Waals surface area contributed by atoms with E-state index < -0.39 is 10.0 Å². The van der Waals surface area contributed by atoms with Crippen molar-refractivity contribution in [2.45, 2.75) is 18.4 Å². The Kier molecular flexibility index (Phi) is 5.01. The van der Waals surface area contributed by atoms with E-state index in [1.165, 1.54) is 22.8 Å². The van der Waals surface area contributed by atoms with Crippen LogP contribution in [-0.4, -0.2) is 64.4 Å². The first-order valence-corrected chi connectivity index (χ1v) is 10.6. The minimum absolute atomic E-state index is 0.0249. The number of rotatable bonds is 4. The fourth-order valence-corrected chi connectivity index (χ4v) is 4.69. The number of amides is 1. The molecule has 1 aliphatic rings. The minimum atomic E-state index is -3.71. The van der Waals surface area contributed by atoms with E-state index in [2.05, 4.69) is 10.1 Å². The molecule has 4 rings (SSSR count). The van der Waals surface area contributed by atoms with E-state index in [-0.39, 0.29) is 29.7 Å². The molecule has 3 aromatic heterocycles. The number of carbonyl (C=O) groups is 1. The van der Waals surface area contributed by atoms with Gasteiger partial charge in [-0.25, -0.2) is 13.4 Å². The van der Waals surface area contributed by atoms with Crippen LogP contribution in [0.3, 0.4) is 0 Å². The molecule has 0 saturated carbocycles. The van der Waals surface area contributed by atoms with Crippen molar-refractivity contribution in [3.05, 3.63) is 42.2 Å². The third-order valence-electron chi connectivity index (χ3n) is 4.93. The zero-order chi connectivity index (χ0) is 20.6. The fraction of sp³-hybridized carbons (Fsp3) is 0.389. The number of nitrogens with zero attached hydrogens (tertiary/aromatic N) is 5. The van der Waals surface area contributed by atoms with E-state index in [4.69, 9.17) is 8.94 Å². The van der Waals surface area contributed by atoms with Gasteiger partial charge >= 0.3 is 0 Å². The Bertz CT molecular complexity index is 1100. The van der Waals surface area contributed by atoms with E-state index in [0.29, 0.717) is 36.9 Å². The zero-order valence-electron chi connectivity index (χ0n) is 16.1. The number of hydrogen-bond acceptors (Lipinski definition) is 7. The van der Waals surface area contributed by atoms with Gasteiger partial charge in [0.15, 0.2) is 16.5 Å². The zero-order valence-corrected chi connectivity index (χ0v) is 16.9. The molecule has 0 N–H and O–H groups in total. The molecule has 1 fully saturated rings. The number of aromatic nitrogens is 3. The Morgan fingerprint density at radius 2 is 2.00 bits per heavy atom. The summed E-state index contributed by atoms with van der Waals surface area (Å²) < 4.78 is 39.3. The first-order valence-electron chi connectivity index (χ1n) is 9.16. The van der Waals surface area contributed by atoms with Gasteiger partial charge in [0.1, 0.15) is 5.82 Å². The van der Waals surface area contributed by atoms with Crippen LogP contribution in [0.25, 0.3) is 11.5 Å². The van der Waals surface area contributed by atoms with Gasteiger partial charge in [0.05, 0.1) is 6.26 Å². The maximum absolute atomic E-state index is 12.9. The van der Waals surface area contributed by atoms with Crippen molar-refractivity contribution in [3.63, 3.8) is 0 Å². The van der Waals surface area contributed by atoms with E-state index in [0.717, 1.165) is 0 Å². The Morgan fingerprint density at radius 1 is 1.17 bits per heavy atom. The van der Waals surface area contributed by atoms with Gasteiger partial charge in [-0.2, -0.15) is 4.31 Å². The van der Waals surface area contributed by atoms with Crippen molar-refractivity contribution >= 4 is 15.9 Å². The lowest BCUT2D eigenvalue weighted by Gasteiger charge is -2.20. The molecule has 1 amide bonds. The molecule has 1 aliphatic heterocycles. The average Bonchev–Trinajstić information content (AvgIpc) is 3.40.